The van der Waals surface area contributed by atoms with Crippen LogP contribution in [0.4, 0.5) is 0 Å². The normalized spacial score (nSPS) is 14.5. The summed E-state index contributed by atoms with van der Waals surface area (Å²) in [5, 5.41) is 43.7. The van der Waals surface area contributed by atoms with Crippen LogP contribution in [0, 0.1) is 0 Å². The van der Waals surface area contributed by atoms with Crippen LogP contribution < -0.4 is 5.32 Å². The number of carbonyl (C=O) groups is 1. The molecule has 4 atom stereocenters. The minimum Gasteiger partial charge on any atom is -0.394 e. The lowest BCUT2D eigenvalue weighted by Crippen LogP contribution is -2.53. The van der Waals surface area contributed by atoms with Gasteiger partial charge in [-0.05, 0) is 89.9 Å². The Labute approximate surface area is 340 Å². The van der Waals surface area contributed by atoms with Crippen LogP contribution in [0.1, 0.15) is 226 Å². The molecule has 0 radical (unpaired) electrons. The zero-order valence-electron chi connectivity index (χ0n) is 36.2. The second kappa shape index (κ2) is 43.4. The molecule has 0 heterocycles. The van der Waals surface area contributed by atoms with E-state index in [2.05, 4.69) is 67.8 Å². The molecule has 0 bridgehead atoms. The molecule has 0 aliphatic rings. The number of aliphatic hydroxyl groups is 4. The molecule has 6 nitrogen and oxygen atoms in total. The summed E-state index contributed by atoms with van der Waals surface area (Å²) in [5.74, 6) is -0.605. The highest BCUT2D eigenvalue weighted by molar-refractivity contribution is 5.80. The molecule has 0 aliphatic heterocycles. The van der Waals surface area contributed by atoms with Gasteiger partial charge in [-0.25, -0.2) is 0 Å². The molecule has 0 aromatic heterocycles. The molecule has 0 saturated heterocycles. The van der Waals surface area contributed by atoms with Crippen molar-refractivity contribution in [3.63, 3.8) is 0 Å². The number of hydrogen-bond acceptors (Lipinski definition) is 5. The zero-order valence-corrected chi connectivity index (χ0v) is 36.2. The third-order valence-electron chi connectivity index (χ3n) is 10.7. The molecule has 0 rings (SSSR count). The number of hydrogen-bond donors (Lipinski definition) is 5. The fourth-order valence-corrected chi connectivity index (χ4v) is 6.96. The molecule has 5 N–H and O–H groups in total. The van der Waals surface area contributed by atoms with E-state index in [-0.39, 0.29) is 0 Å². The molecule has 55 heavy (non-hydrogen) atoms. The van der Waals surface area contributed by atoms with Crippen molar-refractivity contribution >= 4 is 5.91 Å². The van der Waals surface area contributed by atoms with Crippen LogP contribution >= 0.6 is 0 Å². The van der Waals surface area contributed by atoms with Gasteiger partial charge in [-0.15, -0.1) is 0 Å². The number of nitrogens with one attached hydrogen (secondary N) is 1. The largest absolute Gasteiger partial charge is 0.394 e. The smallest absolute Gasteiger partial charge is 0.249 e. The Balaban J connectivity index is 3.82. The van der Waals surface area contributed by atoms with E-state index < -0.39 is 36.9 Å². The Hall–Kier alpha value is -1.73. The van der Waals surface area contributed by atoms with Gasteiger partial charge in [0.1, 0.15) is 12.2 Å². The SMILES string of the molecule is CCCCCCCCCC/C=C\CCCCCCCCC(O)C(=O)NC(CO)C(O)C(O)CCC/C=C/CC/C=C/CC/C=C/CCCCCCCCCC. The van der Waals surface area contributed by atoms with Gasteiger partial charge in [0.15, 0.2) is 0 Å². The van der Waals surface area contributed by atoms with E-state index in [0.29, 0.717) is 19.3 Å². The molecular formula is C49H91NO5. The first-order chi connectivity index (χ1) is 27.0. The molecule has 0 fully saturated rings. The molecule has 1 amide bonds. The summed E-state index contributed by atoms with van der Waals surface area (Å²) >= 11 is 0. The summed E-state index contributed by atoms with van der Waals surface area (Å²) in [6.45, 7) is 4.03. The van der Waals surface area contributed by atoms with Crippen LogP contribution in [0.2, 0.25) is 0 Å². The Morgan fingerprint density at radius 3 is 1.15 bits per heavy atom. The minimum absolute atomic E-state index is 0.350. The lowest BCUT2D eigenvalue weighted by Gasteiger charge is -2.27. The van der Waals surface area contributed by atoms with Gasteiger partial charge in [0.25, 0.3) is 0 Å². The zero-order chi connectivity index (χ0) is 40.3. The lowest BCUT2D eigenvalue weighted by atomic mass is 10.00. The van der Waals surface area contributed by atoms with Gasteiger partial charge < -0.3 is 25.7 Å². The second-order valence-corrected chi connectivity index (χ2v) is 16.1. The molecular weight excluding hydrogens is 683 g/mol. The number of amides is 1. The van der Waals surface area contributed by atoms with Gasteiger partial charge in [-0.2, -0.15) is 0 Å². The maximum Gasteiger partial charge on any atom is 0.249 e. The molecule has 4 unspecified atom stereocenters. The molecule has 0 saturated carbocycles. The van der Waals surface area contributed by atoms with E-state index in [9.17, 15) is 25.2 Å². The van der Waals surface area contributed by atoms with Crippen LogP contribution in [-0.4, -0.2) is 57.3 Å². The summed E-state index contributed by atoms with van der Waals surface area (Å²) in [5.41, 5.74) is 0. The van der Waals surface area contributed by atoms with Crippen LogP contribution in [0.3, 0.4) is 0 Å². The summed E-state index contributed by atoms with van der Waals surface area (Å²) in [6, 6.07) is -1.01. The first-order valence-corrected chi connectivity index (χ1v) is 23.5. The van der Waals surface area contributed by atoms with Gasteiger partial charge in [0, 0.05) is 0 Å². The monoisotopic (exact) mass is 774 g/mol. The van der Waals surface area contributed by atoms with Crippen molar-refractivity contribution in [1.82, 2.24) is 5.32 Å². The van der Waals surface area contributed by atoms with Crippen LogP contribution in [0.15, 0.2) is 48.6 Å². The third-order valence-corrected chi connectivity index (χ3v) is 10.7. The highest BCUT2D eigenvalue weighted by Gasteiger charge is 2.28. The predicted octanol–water partition coefficient (Wildman–Crippen LogP) is 12.7. The van der Waals surface area contributed by atoms with Crippen molar-refractivity contribution in [2.24, 2.45) is 0 Å². The van der Waals surface area contributed by atoms with Crippen molar-refractivity contribution < 1.29 is 25.2 Å². The summed E-state index contributed by atoms with van der Waals surface area (Å²) < 4.78 is 0. The van der Waals surface area contributed by atoms with Crippen molar-refractivity contribution in [2.45, 2.75) is 250 Å². The van der Waals surface area contributed by atoms with E-state index in [0.717, 1.165) is 64.2 Å². The van der Waals surface area contributed by atoms with Crippen LogP contribution in [0.5, 0.6) is 0 Å². The maximum atomic E-state index is 12.5. The number of unbranched alkanes of at least 4 members (excludes halogenated alkanes) is 25. The van der Waals surface area contributed by atoms with E-state index in [1.807, 2.05) is 0 Å². The van der Waals surface area contributed by atoms with Gasteiger partial charge in [0.05, 0.1) is 18.8 Å². The third kappa shape index (κ3) is 37.6. The number of aliphatic hydroxyl groups excluding tert-OH is 4. The number of rotatable bonds is 42. The molecule has 0 aromatic carbocycles. The van der Waals surface area contributed by atoms with E-state index in [1.54, 1.807) is 0 Å². The summed E-state index contributed by atoms with van der Waals surface area (Å²) in [7, 11) is 0. The van der Waals surface area contributed by atoms with Crippen LogP contribution in [0.25, 0.3) is 0 Å². The molecule has 322 valence electrons. The number of carbonyl (C=O) groups excluding carboxylic acids is 1. The Kier molecular flexibility index (Phi) is 42.0. The highest BCUT2D eigenvalue weighted by Crippen LogP contribution is 2.14. The van der Waals surface area contributed by atoms with Gasteiger partial charge in [-0.3, -0.25) is 4.79 Å². The van der Waals surface area contributed by atoms with Crippen molar-refractivity contribution in [2.75, 3.05) is 6.61 Å². The fourth-order valence-electron chi connectivity index (χ4n) is 6.96. The minimum atomic E-state index is -1.30. The molecule has 0 aliphatic carbocycles. The van der Waals surface area contributed by atoms with Crippen molar-refractivity contribution in [3.8, 4) is 0 Å². The summed E-state index contributed by atoms with van der Waals surface area (Å²) in [4.78, 5) is 12.5. The predicted molar refractivity (Wildman–Crippen MR) is 237 cm³/mol. The Morgan fingerprint density at radius 1 is 0.436 bits per heavy atom. The van der Waals surface area contributed by atoms with Gasteiger partial charge in [0.2, 0.25) is 5.91 Å². The Bertz CT molecular complexity index is 915. The van der Waals surface area contributed by atoms with Crippen LogP contribution in [-0.2, 0) is 4.79 Å². The number of allylic oxidation sites excluding steroid dienone is 8. The lowest BCUT2D eigenvalue weighted by molar-refractivity contribution is -0.132. The average molecular weight is 774 g/mol. The standard InChI is InChI=1S/C49H91NO5/c1-3-5-7-9-11-13-15-17-19-21-23-24-25-27-28-30-32-34-36-38-40-42-46(52)48(54)45(44-51)50-49(55)47(53)43-41-39-37-35-33-31-29-26-22-20-18-16-14-12-10-8-6-4-2/h21-23,26-28,34,36,45-48,51-54H,3-20,24-25,29-33,35,37-44H2,1-2H3,(H,50,55)/b23-21+,26-22-,28-27+,36-34+. The molecule has 0 aromatic rings. The second-order valence-electron chi connectivity index (χ2n) is 16.1. The van der Waals surface area contributed by atoms with Crippen molar-refractivity contribution in [3.05, 3.63) is 48.6 Å². The first kappa shape index (κ1) is 53.3. The van der Waals surface area contributed by atoms with E-state index in [1.165, 1.54) is 128 Å². The maximum absolute atomic E-state index is 12.5. The molecule has 6 heteroatoms. The van der Waals surface area contributed by atoms with Gasteiger partial charge >= 0.3 is 0 Å². The van der Waals surface area contributed by atoms with Crippen molar-refractivity contribution in [1.29, 1.82) is 0 Å². The topological polar surface area (TPSA) is 110 Å². The fraction of sp³-hybridized carbons (Fsp3) is 0.816. The van der Waals surface area contributed by atoms with Gasteiger partial charge in [-0.1, -0.05) is 184 Å². The highest BCUT2D eigenvalue weighted by atomic mass is 16.3. The van der Waals surface area contributed by atoms with E-state index in [4.69, 9.17) is 0 Å². The van der Waals surface area contributed by atoms with E-state index >= 15 is 0 Å². The summed E-state index contributed by atoms with van der Waals surface area (Å²) in [6.07, 6.45) is 52.9. The molecule has 0 spiro atoms. The Morgan fingerprint density at radius 2 is 0.764 bits per heavy atom. The first-order valence-electron chi connectivity index (χ1n) is 23.5. The average Bonchev–Trinajstić information content (AvgIpc) is 3.19. The quantitative estimate of drug-likeness (QED) is 0.0313.